The van der Waals surface area contributed by atoms with Crippen LogP contribution < -0.4 is 14.2 Å². The lowest BCUT2D eigenvalue weighted by atomic mass is 9.98. The van der Waals surface area contributed by atoms with Crippen LogP contribution in [0.1, 0.15) is 46.6 Å². The number of benzene rings is 3. The summed E-state index contributed by atoms with van der Waals surface area (Å²) in [6.45, 7) is 2.40. The Balaban J connectivity index is 1.19. The largest absolute Gasteiger partial charge is 0.492 e. The molecule has 0 saturated heterocycles. The first-order valence-corrected chi connectivity index (χ1v) is 13.4. The summed E-state index contributed by atoms with van der Waals surface area (Å²) < 4.78 is 38.0. The van der Waals surface area contributed by atoms with Crippen molar-refractivity contribution in [2.75, 3.05) is 13.7 Å². The number of methoxy groups -OCH3 is 1. The first-order valence-electron chi connectivity index (χ1n) is 12.5. The zero-order valence-electron chi connectivity index (χ0n) is 21.0. The number of aryl methyl sites for hydroxylation is 1. The normalized spacial score (nSPS) is 17.4. The molecule has 8 heteroatoms. The highest BCUT2D eigenvalue weighted by molar-refractivity contribution is 7.09. The van der Waals surface area contributed by atoms with Crippen LogP contribution in [0.4, 0.5) is 4.39 Å². The van der Waals surface area contributed by atoms with Crippen LogP contribution in [0, 0.1) is 12.7 Å². The van der Waals surface area contributed by atoms with E-state index in [0.717, 1.165) is 27.4 Å². The summed E-state index contributed by atoms with van der Waals surface area (Å²) in [5.41, 5.74) is 4.27. The smallest absolute Gasteiger partial charge is 0.306 e. The van der Waals surface area contributed by atoms with E-state index in [9.17, 15) is 4.79 Å². The van der Waals surface area contributed by atoms with E-state index in [1.165, 1.54) is 13.2 Å². The second kappa shape index (κ2) is 10.1. The van der Waals surface area contributed by atoms with Crippen LogP contribution in [0.15, 0.2) is 60.0 Å². The van der Waals surface area contributed by atoms with Gasteiger partial charge in [0.25, 0.3) is 0 Å². The zero-order valence-corrected chi connectivity index (χ0v) is 21.8. The summed E-state index contributed by atoms with van der Waals surface area (Å²) >= 11 is 1.62. The Kier molecular flexibility index (Phi) is 6.49. The van der Waals surface area contributed by atoms with E-state index < -0.39 is 6.10 Å². The minimum absolute atomic E-state index is 0.0458. The molecular formula is C30H26FNO5S. The van der Waals surface area contributed by atoms with Crippen molar-refractivity contribution in [3.63, 3.8) is 0 Å². The van der Waals surface area contributed by atoms with Gasteiger partial charge in [0.15, 0.2) is 0 Å². The van der Waals surface area contributed by atoms with Crippen molar-refractivity contribution in [1.29, 1.82) is 0 Å². The number of aromatic nitrogens is 1. The standard InChI is InChI=1S/C30H26FNO5S/c1-17-32-25(16-38-17)18-3-5-20(6-4-18)36-26-12-10-24(31)30-23(26)9-11-27(30)37-21-7-8-22-19(13-29(33)34-2)15-35-28(22)14-21/h3-8,10,12,14,16,19,27H,9,11,13,15H2,1-2H3/t19-,27-/m1/s1. The zero-order chi connectivity index (χ0) is 26.2. The van der Waals surface area contributed by atoms with Gasteiger partial charge in [-0.15, -0.1) is 11.3 Å². The summed E-state index contributed by atoms with van der Waals surface area (Å²) in [5, 5.41) is 3.06. The van der Waals surface area contributed by atoms with Crippen LogP contribution in [0.3, 0.4) is 0 Å². The van der Waals surface area contributed by atoms with Gasteiger partial charge in [0.05, 0.1) is 30.8 Å². The number of carbonyl (C=O) groups excluding carboxylic acids is 1. The fourth-order valence-corrected chi connectivity index (χ4v) is 5.74. The lowest BCUT2D eigenvalue weighted by molar-refractivity contribution is -0.141. The molecule has 6 nitrogen and oxygen atoms in total. The highest BCUT2D eigenvalue weighted by Gasteiger charge is 2.32. The number of hydrogen-bond donors (Lipinski definition) is 0. The number of nitrogens with zero attached hydrogens (tertiary/aromatic N) is 1. The van der Waals surface area contributed by atoms with E-state index in [2.05, 4.69) is 4.98 Å². The number of hydrogen-bond acceptors (Lipinski definition) is 7. The highest BCUT2D eigenvalue weighted by Crippen LogP contribution is 2.44. The Morgan fingerprint density at radius 2 is 1.95 bits per heavy atom. The SMILES string of the molecule is COC(=O)C[C@@H]1COc2cc(O[C@@H]3CCc4c(Oc5ccc(-c6csc(C)n6)cc5)ccc(F)c43)ccc21. The Morgan fingerprint density at radius 3 is 2.71 bits per heavy atom. The van der Waals surface area contributed by atoms with Crippen molar-refractivity contribution in [1.82, 2.24) is 4.98 Å². The van der Waals surface area contributed by atoms with E-state index in [1.807, 2.05) is 54.8 Å². The summed E-state index contributed by atoms with van der Waals surface area (Å²) in [6.07, 6.45) is 1.11. The average Bonchev–Trinajstić information content (AvgIpc) is 3.65. The van der Waals surface area contributed by atoms with Gasteiger partial charge in [-0.3, -0.25) is 4.79 Å². The molecule has 194 valence electrons. The van der Waals surface area contributed by atoms with Crippen LogP contribution in [0.25, 0.3) is 11.3 Å². The van der Waals surface area contributed by atoms with Gasteiger partial charge in [0.1, 0.15) is 34.9 Å². The number of rotatable bonds is 7. The molecule has 2 aliphatic rings. The molecule has 3 aromatic carbocycles. The van der Waals surface area contributed by atoms with Crippen LogP contribution in [-0.2, 0) is 16.0 Å². The fraction of sp³-hybridized carbons (Fsp3) is 0.267. The third kappa shape index (κ3) is 4.72. The van der Waals surface area contributed by atoms with Gasteiger partial charge in [-0.2, -0.15) is 0 Å². The van der Waals surface area contributed by atoms with E-state index in [-0.39, 0.29) is 24.1 Å². The molecule has 38 heavy (non-hydrogen) atoms. The molecule has 0 amide bonds. The Hall–Kier alpha value is -3.91. The third-order valence-corrected chi connectivity index (χ3v) is 7.79. The minimum Gasteiger partial charge on any atom is -0.492 e. The molecule has 4 aromatic rings. The van der Waals surface area contributed by atoms with Crippen molar-refractivity contribution in [2.24, 2.45) is 0 Å². The van der Waals surface area contributed by atoms with Crippen molar-refractivity contribution >= 4 is 17.3 Å². The molecule has 1 aromatic heterocycles. The van der Waals surface area contributed by atoms with Crippen molar-refractivity contribution in [3.05, 3.63) is 87.5 Å². The molecule has 1 aliphatic carbocycles. The number of ether oxygens (including phenoxy) is 4. The van der Waals surface area contributed by atoms with Crippen LogP contribution in [0.2, 0.25) is 0 Å². The molecular weight excluding hydrogens is 505 g/mol. The summed E-state index contributed by atoms with van der Waals surface area (Å²) in [7, 11) is 1.38. The summed E-state index contributed by atoms with van der Waals surface area (Å²) in [5.74, 6) is 1.97. The first kappa shape index (κ1) is 24.4. The first-order chi connectivity index (χ1) is 18.5. The second-order valence-electron chi connectivity index (χ2n) is 9.45. The monoisotopic (exact) mass is 531 g/mol. The molecule has 0 unspecified atom stereocenters. The molecule has 0 bridgehead atoms. The number of fused-ring (bicyclic) bond motifs is 2. The minimum atomic E-state index is -0.436. The maximum absolute atomic E-state index is 15.0. The van der Waals surface area contributed by atoms with Gasteiger partial charge >= 0.3 is 5.97 Å². The molecule has 6 rings (SSSR count). The topological polar surface area (TPSA) is 66.9 Å². The van der Waals surface area contributed by atoms with E-state index in [4.69, 9.17) is 18.9 Å². The van der Waals surface area contributed by atoms with Gasteiger partial charge in [0, 0.05) is 39.6 Å². The van der Waals surface area contributed by atoms with E-state index >= 15 is 4.39 Å². The van der Waals surface area contributed by atoms with Crippen LogP contribution >= 0.6 is 11.3 Å². The van der Waals surface area contributed by atoms with Crippen LogP contribution in [-0.4, -0.2) is 24.7 Å². The van der Waals surface area contributed by atoms with Gasteiger partial charge < -0.3 is 18.9 Å². The highest BCUT2D eigenvalue weighted by atomic mass is 32.1. The lowest BCUT2D eigenvalue weighted by Crippen LogP contribution is -2.09. The fourth-order valence-electron chi connectivity index (χ4n) is 5.12. The summed E-state index contributed by atoms with van der Waals surface area (Å²) in [6, 6.07) is 16.4. The van der Waals surface area contributed by atoms with E-state index in [1.54, 1.807) is 17.4 Å². The molecule has 0 N–H and O–H groups in total. The summed E-state index contributed by atoms with van der Waals surface area (Å²) in [4.78, 5) is 16.2. The van der Waals surface area contributed by atoms with Crippen molar-refractivity contribution in [2.45, 2.75) is 38.2 Å². The Morgan fingerprint density at radius 1 is 1.13 bits per heavy atom. The van der Waals surface area contributed by atoms with Crippen molar-refractivity contribution < 1.29 is 28.1 Å². The number of thiazole rings is 1. The maximum Gasteiger partial charge on any atom is 0.306 e. The molecule has 0 saturated carbocycles. The number of carbonyl (C=O) groups is 1. The number of halogens is 1. The Labute approximate surface area is 224 Å². The van der Waals surface area contributed by atoms with Gasteiger partial charge in [0.2, 0.25) is 0 Å². The molecule has 0 radical (unpaired) electrons. The van der Waals surface area contributed by atoms with E-state index in [0.29, 0.717) is 48.0 Å². The van der Waals surface area contributed by atoms with Gasteiger partial charge in [-0.25, -0.2) is 9.37 Å². The third-order valence-electron chi connectivity index (χ3n) is 7.02. The molecule has 0 spiro atoms. The van der Waals surface area contributed by atoms with Gasteiger partial charge in [-0.1, -0.05) is 6.07 Å². The van der Waals surface area contributed by atoms with Crippen molar-refractivity contribution in [3.8, 4) is 34.3 Å². The molecule has 0 fully saturated rings. The predicted molar refractivity (Wildman–Crippen MR) is 142 cm³/mol. The average molecular weight is 532 g/mol. The molecule has 2 heterocycles. The Bertz CT molecular complexity index is 1500. The molecule has 1 aliphatic heterocycles. The second-order valence-corrected chi connectivity index (χ2v) is 10.5. The quantitative estimate of drug-likeness (QED) is 0.236. The van der Waals surface area contributed by atoms with Crippen LogP contribution in [0.5, 0.6) is 23.0 Å². The number of esters is 1. The maximum atomic E-state index is 15.0. The lowest BCUT2D eigenvalue weighted by Gasteiger charge is -2.17. The molecule has 2 atom stereocenters. The predicted octanol–water partition coefficient (Wildman–Crippen LogP) is 7.16. The van der Waals surface area contributed by atoms with Gasteiger partial charge in [-0.05, 0) is 62.2 Å².